The lowest BCUT2D eigenvalue weighted by Gasteiger charge is -2.26. The number of halogens is 1. The van der Waals surface area contributed by atoms with Crippen LogP contribution in [-0.2, 0) is 16.6 Å². The molecule has 5 heteroatoms. The van der Waals surface area contributed by atoms with Crippen LogP contribution in [0.25, 0.3) is 26.8 Å². The first-order valence-corrected chi connectivity index (χ1v) is 11.8. The number of benzene rings is 2. The molecule has 2 aromatic carbocycles. The van der Waals surface area contributed by atoms with Gasteiger partial charge in [-0.05, 0) is 53.7 Å². The van der Waals surface area contributed by atoms with Gasteiger partial charge in [-0.15, -0.1) is 11.3 Å². The standard InChI is InChI=1S/C27H31FO3S/c1-6-18-14-21(26(31-12-8-11-28)22(15-18)27(3,4)5)19-9-7-10-23-20(19)16-24(32-23)17(2)13-25(29)30/h7,9-10,13-16H,6,8,11-12H2,1-5H3,(H,29,30). The molecule has 0 unspecified atom stereocenters. The van der Waals surface area contributed by atoms with Gasteiger partial charge < -0.3 is 9.84 Å². The van der Waals surface area contributed by atoms with Crippen molar-refractivity contribution in [3.8, 4) is 16.9 Å². The van der Waals surface area contributed by atoms with Crippen LogP contribution < -0.4 is 4.74 Å². The smallest absolute Gasteiger partial charge is 0.328 e. The van der Waals surface area contributed by atoms with Crippen molar-refractivity contribution in [2.45, 2.75) is 52.9 Å². The van der Waals surface area contributed by atoms with Gasteiger partial charge in [0, 0.05) is 38.6 Å². The van der Waals surface area contributed by atoms with Crippen LogP contribution >= 0.6 is 11.3 Å². The summed E-state index contributed by atoms with van der Waals surface area (Å²) in [6.45, 7) is 10.4. The van der Waals surface area contributed by atoms with Crippen molar-refractivity contribution < 1.29 is 19.0 Å². The number of fused-ring (bicyclic) bond motifs is 1. The van der Waals surface area contributed by atoms with Crippen molar-refractivity contribution in [3.63, 3.8) is 0 Å². The SMILES string of the molecule is CCc1cc(-c2cccc3sc(C(C)=CC(=O)O)cc23)c(OCCCF)c(C(C)(C)C)c1. The van der Waals surface area contributed by atoms with Gasteiger partial charge in [0.15, 0.2) is 0 Å². The summed E-state index contributed by atoms with van der Waals surface area (Å²) in [4.78, 5) is 12.1. The summed E-state index contributed by atoms with van der Waals surface area (Å²) in [6.07, 6.45) is 2.49. The van der Waals surface area contributed by atoms with Gasteiger partial charge in [-0.3, -0.25) is 4.39 Å². The molecule has 3 aromatic rings. The maximum atomic E-state index is 12.8. The normalized spacial score (nSPS) is 12.4. The van der Waals surface area contributed by atoms with Crippen molar-refractivity contribution >= 4 is 33.0 Å². The first-order valence-electron chi connectivity index (χ1n) is 11.0. The van der Waals surface area contributed by atoms with Gasteiger partial charge in [0.25, 0.3) is 0 Å². The predicted molar refractivity (Wildman–Crippen MR) is 133 cm³/mol. The van der Waals surface area contributed by atoms with Crippen molar-refractivity contribution in [3.05, 3.63) is 58.5 Å². The minimum Gasteiger partial charge on any atom is -0.493 e. The Morgan fingerprint density at radius 3 is 2.56 bits per heavy atom. The molecule has 0 atom stereocenters. The highest BCUT2D eigenvalue weighted by molar-refractivity contribution is 7.20. The van der Waals surface area contributed by atoms with Gasteiger partial charge in [-0.2, -0.15) is 0 Å². The molecule has 0 aliphatic heterocycles. The van der Waals surface area contributed by atoms with Gasteiger partial charge in [0.2, 0.25) is 0 Å². The summed E-state index contributed by atoms with van der Waals surface area (Å²) in [6, 6.07) is 12.6. The van der Waals surface area contributed by atoms with Gasteiger partial charge in [0.1, 0.15) is 5.75 Å². The minimum atomic E-state index is -0.950. The third-order valence-electron chi connectivity index (χ3n) is 5.47. The number of carbonyl (C=O) groups is 1. The Morgan fingerprint density at radius 1 is 1.19 bits per heavy atom. The number of carboxylic acids is 1. The van der Waals surface area contributed by atoms with Crippen LogP contribution in [0.4, 0.5) is 4.39 Å². The summed E-state index contributed by atoms with van der Waals surface area (Å²) < 4.78 is 20.1. The molecular weight excluding hydrogens is 423 g/mol. The van der Waals surface area contributed by atoms with Crippen molar-refractivity contribution in [2.75, 3.05) is 13.3 Å². The zero-order valence-electron chi connectivity index (χ0n) is 19.4. The first kappa shape index (κ1) is 24.0. The van der Waals surface area contributed by atoms with Gasteiger partial charge in [0.05, 0.1) is 13.3 Å². The second kappa shape index (κ2) is 9.86. The molecule has 0 bridgehead atoms. The summed E-state index contributed by atoms with van der Waals surface area (Å²) in [5.74, 6) is -0.143. The van der Waals surface area contributed by atoms with Crippen LogP contribution in [0.15, 0.2) is 42.5 Å². The lowest BCUT2D eigenvalue weighted by molar-refractivity contribution is -0.131. The Balaban J connectivity index is 2.27. The molecule has 0 fully saturated rings. The number of aryl methyl sites for hydroxylation is 1. The van der Waals surface area contributed by atoms with E-state index in [0.717, 1.165) is 49.4 Å². The van der Waals surface area contributed by atoms with E-state index in [1.54, 1.807) is 11.3 Å². The number of thiophene rings is 1. The fraction of sp³-hybridized carbons (Fsp3) is 0.370. The molecule has 0 amide bonds. The van der Waals surface area contributed by atoms with Crippen LogP contribution in [0.2, 0.25) is 0 Å². The summed E-state index contributed by atoms with van der Waals surface area (Å²) >= 11 is 1.58. The van der Waals surface area contributed by atoms with Crippen LogP contribution in [0.3, 0.4) is 0 Å². The molecule has 0 radical (unpaired) electrons. The number of allylic oxidation sites excluding steroid dienone is 1. The van der Waals surface area contributed by atoms with Crippen molar-refractivity contribution in [1.82, 2.24) is 0 Å². The number of aliphatic carboxylic acids is 1. The second-order valence-electron chi connectivity index (χ2n) is 9.01. The Bertz CT molecular complexity index is 1150. The second-order valence-corrected chi connectivity index (χ2v) is 10.1. The molecule has 0 aliphatic carbocycles. The molecule has 32 heavy (non-hydrogen) atoms. The quantitative estimate of drug-likeness (QED) is 0.281. The van der Waals surface area contributed by atoms with E-state index in [1.165, 1.54) is 11.6 Å². The van der Waals surface area contributed by atoms with Gasteiger partial charge >= 0.3 is 5.97 Å². The van der Waals surface area contributed by atoms with E-state index in [-0.39, 0.29) is 5.41 Å². The third kappa shape index (κ3) is 5.21. The molecule has 170 valence electrons. The Hall–Kier alpha value is -2.66. The van der Waals surface area contributed by atoms with Crippen LogP contribution in [0, 0.1) is 0 Å². The van der Waals surface area contributed by atoms with Crippen molar-refractivity contribution in [2.24, 2.45) is 0 Å². The van der Waals surface area contributed by atoms with Gasteiger partial charge in [-0.1, -0.05) is 45.9 Å². The summed E-state index contributed by atoms with van der Waals surface area (Å²) in [5.41, 5.74) is 4.96. The predicted octanol–water partition coefficient (Wildman–Crippen LogP) is 7.65. The Labute approximate surface area is 193 Å². The van der Waals surface area contributed by atoms with E-state index in [4.69, 9.17) is 9.84 Å². The van der Waals surface area contributed by atoms with Crippen LogP contribution in [-0.4, -0.2) is 24.4 Å². The Kier molecular flexibility index (Phi) is 7.40. The first-order chi connectivity index (χ1) is 15.2. The van der Waals surface area contributed by atoms with E-state index in [1.807, 2.05) is 13.0 Å². The number of rotatable bonds is 8. The summed E-state index contributed by atoms with van der Waals surface area (Å²) in [5, 5.41) is 10.2. The molecule has 0 saturated heterocycles. The minimum absolute atomic E-state index is 0.139. The highest BCUT2D eigenvalue weighted by atomic mass is 32.1. The van der Waals surface area contributed by atoms with E-state index in [2.05, 4.69) is 58.0 Å². The topological polar surface area (TPSA) is 46.5 Å². The Morgan fingerprint density at radius 2 is 1.94 bits per heavy atom. The maximum absolute atomic E-state index is 12.8. The molecule has 3 nitrogen and oxygen atoms in total. The average molecular weight is 455 g/mol. The highest BCUT2D eigenvalue weighted by Crippen LogP contribution is 2.44. The largest absolute Gasteiger partial charge is 0.493 e. The molecule has 0 saturated carbocycles. The molecular formula is C27H31FO3S. The monoisotopic (exact) mass is 454 g/mol. The molecule has 3 rings (SSSR count). The number of hydrogen-bond acceptors (Lipinski definition) is 3. The number of hydrogen-bond donors (Lipinski definition) is 1. The highest BCUT2D eigenvalue weighted by Gasteiger charge is 2.24. The number of alkyl halides is 1. The fourth-order valence-electron chi connectivity index (χ4n) is 3.78. The third-order valence-corrected chi connectivity index (χ3v) is 6.71. The lowest BCUT2D eigenvalue weighted by Crippen LogP contribution is -2.15. The van der Waals surface area contributed by atoms with Crippen LogP contribution in [0.5, 0.6) is 5.75 Å². The number of ether oxygens (including phenoxy) is 1. The zero-order chi connectivity index (χ0) is 23.5. The van der Waals surface area contributed by atoms with E-state index in [9.17, 15) is 9.18 Å². The molecule has 1 N–H and O–H groups in total. The van der Waals surface area contributed by atoms with E-state index in [0.29, 0.717) is 13.0 Å². The van der Waals surface area contributed by atoms with Gasteiger partial charge in [-0.25, -0.2) is 4.79 Å². The average Bonchev–Trinajstić information content (AvgIpc) is 3.17. The molecule has 0 spiro atoms. The summed E-state index contributed by atoms with van der Waals surface area (Å²) in [7, 11) is 0. The fourth-order valence-corrected chi connectivity index (χ4v) is 4.84. The maximum Gasteiger partial charge on any atom is 0.328 e. The van der Waals surface area contributed by atoms with E-state index < -0.39 is 12.6 Å². The zero-order valence-corrected chi connectivity index (χ0v) is 20.2. The van der Waals surface area contributed by atoms with E-state index >= 15 is 0 Å². The number of carboxylic acid groups (broad SMARTS) is 1. The lowest BCUT2D eigenvalue weighted by atomic mass is 9.82. The molecule has 1 heterocycles. The molecule has 1 aromatic heterocycles. The van der Waals surface area contributed by atoms with Crippen molar-refractivity contribution in [1.29, 1.82) is 0 Å². The van der Waals surface area contributed by atoms with Crippen LogP contribution in [0.1, 0.15) is 57.0 Å². The molecule has 0 aliphatic rings.